The molecule has 1 saturated heterocycles. The van der Waals surface area contributed by atoms with Gasteiger partial charge in [0.05, 0.1) is 13.0 Å². The molecule has 1 heterocycles. The molecule has 1 fully saturated rings. The Morgan fingerprint density at radius 2 is 2.22 bits per heavy atom. The minimum absolute atomic E-state index is 0.0663. The Bertz CT molecular complexity index is 499. The molecule has 0 spiro atoms. The molecule has 18 heavy (non-hydrogen) atoms. The number of carbonyl (C=O) groups is 2. The van der Waals surface area contributed by atoms with E-state index in [1.165, 1.54) is 0 Å². The highest BCUT2D eigenvalue weighted by atomic mass is 16.5. The lowest BCUT2D eigenvalue weighted by molar-refractivity contribution is -0.123. The molecule has 5 heteroatoms. The normalized spacial score (nSPS) is 19.1. The molecule has 96 valence electrons. The summed E-state index contributed by atoms with van der Waals surface area (Å²) in [4.78, 5) is 24.6. The lowest BCUT2D eigenvalue weighted by Gasteiger charge is -2.17. The molecule has 0 bridgehead atoms. The van der Waals surface area contributed by atoms with E-state index in [4.69, 9.17) is 10.5 Å². The topological polar surface area (TPSA) is 72.6 Å². The zero-order chi connectivity index (χ0) is 13.3. The number of primary amides is 1. The average molecular weight is 248 g/mol. The van der Waals surface area contributed by atoms with E-state index in [0.717, 1.165) is 17.0 Å². The number of methoxy groups -OCH3 is 1. The lowest BCUT2D eigenvalue weighted by Crippen LogP contribution is -2.28. The van der Waals surface area contributed by atoms with Crippen molar-refractivity contribution in [3.8, 4) is 5.75 Å². The van der Waals surface area contributed by atoms with E-state index in [9.17, 15) is 9.59 Å². The number of aryl methyl sites for hydroxylation is 1. The molecular formula is C13H16N2O3. The van der Waals surface area contributed by atoms with Gasteiger partial charge >= 0.3 is 0 Å². The van der Waals surface area contributed by atoms with Crippen LogP contribution in [-0.4, -0.2) is 25.5 Å². The monoisotopic (exact) mass is 248 g/mol. The second-order valence-corrected chi connectivity index (χ2v) is 4.46. The van der Waals surface area contributed by atoms with Gasteiger partial charge in [-0.25, -0.2) is 0 Å². The average Bonchev–Trinajstić information content (AvgIpc) is 2.71. The number of nitrogens with two attached hydrogens (primary N) is 1. The zero-order valence-electron chi connectivity index (χ0n) is 10.5. The highest BCUT2D eigenvalue weighted by Crippen LogP contribution is 2.29. The number of carbonyl (C=O) groups excluding carboxylic acids is 2. The van der Waals surface area contributed by atoms with Gasteiger partial charge in [0.25, 0.3) is 0 Å². The van der Waals surface area contributed by atoms with E-state index in [2.05, 4.69) is 0 Å². The maximum Gasteiger partial charge on any atom is 0.227 e. The summed E-state index contributed by atoms with van der Waals surface area (Å²) in [7, 11) is 1.60. The number of amides is 2. The SMILES string of the molecule is COc1ccc(N2CC(C(N)=O)CC2=O)cc1C. The van der Waals surface area contributed by atoms with Crippen molar-refractivity contribution in [1.29, 1.82) is 0 Å². The summed E-state index contributed by atoms with van der Waals surface area (Å²) >= 11 is 0. The Balaban J connectivity index is 2.24. The fourth-order valence-corrected chi connectivity index (χ4v) is 2.18. The van der Waals surface area contributed by atoms with Crippen LogP contribution >= 0.6 is 0 Å². The summed E-state index contributed by atoms with van der Waals surface area (Å²) in [5.74, 6) is -0.101. The third kappa shape index (κ3) is 2.16. The second-order valence-electron chi connectivity index (χ2n) is 4.46. The molecule has 1 aromatic rings. The van der Waals surface area contributed by atoms with E-state index in [1.807, 2.05) is 25.1 Å². The van der Waals surface area contributed by atoms with Crippen molar-refractivity contribution in [1.82, 2.24) is 0 Å². The molecule has 0 radical (unpaired) electrons. The van der Waals surface area contributed by atoms with Gasteiger partial charge in [0.2, 0.25) is 11.8 Å². The summed E-state index contributed by atoms with van der Waals surface area (Å²) in [6, 6.07) is 5.50. The predicted octanol–water partition coefficient (Wildman–Crippen LogP) is 0.842. The van der Waals surface area contributed by atoms with Crippen LogP contribution in [0.2, 0.25) is 0 Å². The molecule has 1 aliphatic rings. The van der Waals surface area contributed by atoms with E-state index >= 15 is 0 Å². The summed E-state index contributed by atoms with van der Waals surface area (Å²) in [5.41, 5.74) is 6.97. The molecule has 0 aromatic heterocycles. The van der Waals surface area contributed by atoms with Gasteiger partial charge in [0.1, 0.15) is 5.75 Å². The highest BCUT2D eigenvalue weighted by Gasteiger charge is 2.33. The fraction of sp³-hybridized carbons (Fsp3) is 0.385. The first-order valence-corrected chi connectivity index (χ1v) is 5.77. The third-order valence-electron chi connectivity index (χ3n) is 3.22. The first-order valence-electron chi connectivity index (χ1n) is 5.77. The number of ether oxygens (including phenoxy) is 1. The van der Waals surface area contributed by atoms with Crippen LogP contribution in [0.15, 0.2) is 18.2 Å². The van der Waals surface area contributed by atoms with E-state index in [1.54, 1.807) is 12.0 Å². The lowest BCUT2D eigenvalue weighted by atomic mass is 10.1. The minimum atomic E-state index is -0.420. The number of nitrogens with zero attached hydrogens (tertiary/aromatic N) is 1. The smallest absolute Gasteiger partial charge is 0.227 e. The molecule has 0 aliphatic carbocycles. The van der Waals surface area contributed by atoms with Gasteiger partial charge in [-0.1, -0.05) is 0 Å². The first kappa shape index (κ1) is 12.4. The van der Waals surface area contributed by atoms with Gasteiger partial charge in [-0.15, -0.1) is 0 Å². The van der Waals surface area contributed by atoms with E-state index in [-0.39, 0.29) is 18.2 Å². The Morgan fingerprint density at radius 1 is 1.50 bits per heavy atom. The number of hydrogen-bond donors (Lipinski definition) is 1. The molecule has 1 unspecified atom stereocenters. The van der Waals surface area contributed by atoms with Gasteiger partial charge in [-0.05, 0) is 30.7 Å². The third-order valence-corrected chi connectivity index (χ3v) is 3.22. The standard InChI is InChI=1S/C13H16N2O3/c1-8-5-10(3-4-11(8)18-2)15-7-9(13(14)17)6-12(15)16/h3-5,9H,6-7H2,1-2H3,(H2,14,17). The molecule has 5 nitrogen and oxygen atoms in total. The van der Waals surface area contributed by atoms with Crippen molar-refractivity contribution >= 4 is 17.5 Å². The summed E-state index contributed by atoms with van der Waals surface area (Å²) in [5, 5.41) is 0. The van der Waals surface area contributed by atoms with Gasteiger partial charge in [-0.3, -0.25) is 9.59 Å². The Morgan fingerprint density at radius 3 is 2.72 bits per heavy atom. The fourth-order valence-electron chi connectivity index (χ4n) is 2.18. The van der Waals surface area contributed by atoms with E-state index in [0.29, 0.717) is 6.54 Å². The highest BCUT2D eigenvalue weighted by molar-refractivity contribution is 6.00. The van der Waals surface area contributed by atoms with Crippen LogP contribution in [0.3, 0.4) is 0 Å². The van der Waals surface area contributed by atoms with Crippen LogP contribution < -0.4 is 15.4 Å². The van der Waals surface area contributed by atoms with Crippen LogP contribution in [-0.2, 0) is 9.59 Å². The van der Waals surface area contributed by atoms with Crippen molar-refractivity contribution in [2.75, 3.05) is 18.6 Å². The number of hydrogen-bond acceptors (Lipinski definition) is 3. The van der Waals surface area contributed by atoms with Crippen LogP contribution in [0.1, 0.15) is 12.0 Å². The largest absolute Gasteiger partial charge is 0.496 e. The van der Waals surface area contributed by atoms with Crippen molar-refractivity contribution in [3.05, 3.63) is 23.8 Å². The Labute approximate surface area is 106 Å². The quantitative estimate of drug-likeness (QED) is 0.861. The summed E-state index contributed by atoms with van der Waals surface area (Å²) in [6.07, 6.45) is 0.195. The molecule has 1 aromatic carbocycles. The molecule has 1 atom stereocenters. The van der Waals surface area contributed by atoms with Gasteiger partial charge < -0.3 is 15.4 Å². The first-order chi connectivity index (χ1) is 8.52. The van der Waals surface area contributed by atoms with Crippen molar-refractivity contribution in [2.45, 2.75) is 13.3 Å². The molecule has 2 rings (SSSR count). The summed E-state index contributed by atoms with van der Waals surface area (Å²) in [6.45, 7) is 2.27. The van der Waals surface area contributed by atoms with Crippen LogP contribution in [0, 0.1) is 12.8 Å². The van der Waals surface area contributed by atoms with Crippen molar-refractivity contribution in [3.63, 3.8) is 0 Å². The number of rotatable bonds is 3. The maximum absolute atomic E-state index is 11.8. The van der Waals surface area contributed by atoms with Crippen LogP contribution in [0.25, 0.3) is 0 Å². The number of benzene rings is 1. The van der Waals surface area contributed by atoms with Crippen LogP contribution in [0.4, 0.5) is 5.69 Å². The Hall–Kier alpha value is -2.04. The minimum Gasteiger partial charge on any atom is -0.496 e. The van der Waals surface area contributed by atoms with Gasteiger partial charge in [0.15, 0.2) is 0 Å². The number of anilines is 1. The van der Waals surface area contributed by atoms with Crippen molar-refractivity contribution in [2.24, 2.45) is 11.7 Å². The van der Waals surface area contributed by atoms with Gasteiger partial charge in [-0.2, -0.15) is 0 Å². The second kappa shape index (κ2) is 4.68. The zero-order valence-corrected chi connectivity index (χ0v) is 10.5. The predicted molar refractivity (Wildman–Crippen MR) is 67.4 cm³/mol. The molecule has 2 amide bonds. The molecule has 2 N–H and O–H groups in total. The molecular weight excluding hydrogens is 232 g/mol. The molecule has 0 saturated carbocycles. The van der Waals surface area contributed by atoms with Crippen LogP contribution in [0.5, 0.6) is 5.75 Å². The van der Waals surface area contributed by atoms with Crippen molar-refractivity contribution < 1.29 is 14.3 Å². The molecule has 1 aliphatic heterocycles. The van der Waals surface area contributed by atoms with E-state index < -0.39 is 5.91 Å². The van der Waals surface area contributed by atoms with Gasteiger partial charge in [0, 0.05) is 18.7 Å². The maximum atomic E-state index is 11.8. The summed E-state index contributed by atoms with van der Waals surface area (Å²) < 4.78 is 5.17. The Kier molecular flexibility index (Phi) is 3.23.